The van der Waals surface area contributed by atoms with E-state index in [-0.39, 0.29) is 17.2 Å². The van der Waals surface area contributed by atoms with Gasteiger partial charge in [-0.3, -0.25) is 4.79 Å². The van der Waals surface area contributed by atoms with Gasteiger partial charge in [0.05, 0.1) is 12.6 Å². The molecular weight excluding hydrogens is 304 g/mol. The monoisotopic (exact) mass is 334 g/mol. The summed E-state index contributed by atoms with van der Waals surface area (Å²) in [4.78, 5) is 12.1. The number of hydrogen-bond acceptors (Lipinski definition) is 4. The smallest absolute Gasteiger partial charge is 0.237 e. The fourth-order valence-corrected chi connectivity index (χ4v) is 2.80. The Bertz CT molecular complexity index is 516. The van der Waals surface area contributed by atoms with Crippen LogP contribution in [0, 0.1) is 5.92 Å². The second kappa shape index (κ2) is 8.49. The molecule has 5 heteroatoms. The number of hydrogen-bond donors (Lipinski definition) is 2. The van der Waals surface area contributed by atoms with Crippen LogP contribution < -0.4 is 15.8 Å². The predicted molar refractivity (Wildman–Crippen MR) is 95.2 cm³/mol. The van der Waals surface area contributed by atoms with Crippen LogP contribution in [0.15, 0.2) is 24.3 Å². The van der Waals surface area contributed by atoms with Gasteiger partial charge < -0.3 is 20.5 Å². The molecule has 1 aliphatic rings. The van der Waals surface area contributed by atoms with Crippen molar-refractivity contribution in [3.05, 3.63) is 29.8 Å². The molecule has 0 bridgehead atoms. The fraction of sp³-hybridized carbons (Fsp3) is 0.632. The topological polar surface area (TPSA) is 73.6 Å². The largest absolute Gasteiger partial charge is 0.492 e. The highest BCUT2D eigenvalue weighted by molar-refractivity contribution is 5.81. The lowest BCUT2D eigenvalue weighted by molar-refractivity contribution is -0.124. The zero-order valence-electron chi connectivity index (χ0n) is 15.0. The van der Waals surface area contributed by atoms with Crippen molar-refractivity contribution in [3.8, 4) is 5.75 Å². The molecule has 1 aromatic carbocycles. The van der Waals surface area contributed by atoms with Crippen molar-refractivity contribution in [2.75, 3.05) is 26.4 Å². The second-order valence-electron chi connectivity index (χ2n) is 7.39. The summed E-state index contributed by atoms with van der Waals surface area (Å²) in [6.45, 7) is 8.82. The second-order valence-corrected chi connectivity index (χ2v) is 7.39. The van der Waals surface area contributed by atoms with Crippen molar-refractivity contribution in [1.29, 1.82) is 0 Å². The van der Waals surface area contributed by atoms with E-state index < -0.39 is 6.04 Å². The number of ether oxygens (including phenoxy) is 2. The number of rotatable bonds is 6. The van der Waals surface area contributed by atoms with Crippen LogP contribution in [-0.4, -0.2) is 38.3 Å². The van der Waals surface area contributed by atoms with Crippen LogP contribution in [0.2, 0.25) is 0 Å². The highest BCUT2D eigenvalue weighted by Gasteiger charge is 2.26. The van der Waals surface area contributed by atoms with Crippen LogP contribution in [0.3, 0.4) is 0 Å². The summed E-state index contributed by atoms with van der Waals surface area (Å²) in [6, 6.07) is 7.64. The molecule has 0 radical (unpaired) electrons. The van der Waals surface area contributed by atoms with E-state index in [1.807, 2.05) is 12.1 Å². The summed E-state index contributed by atoms with van der Waals surface area (Å²) >= 11 is 0. The molecule has 1 atom stereocenters. The molecule has 1 unspecified atom stereocenters. The Labute approximate surface area is 144 Å². The van der Waals surface area contributed by atoms with E-state index in [2.05, 4.69) is 38.2 Å². The average molecular weight is 334 g/mol. The number of amides is 1. The third kappa shape index (κ3) is 5.49. The Morgan fingerprint density at radius 3 is 2.50 bits per heavy atom. The van der Waals surface area contributed by atoms with Gasteiger partial charge in [-0.15, -0.1) is 0 Å². The van der Waals surface area contributed by atoms with Gasteiger partial charge in [-0.05, 0) is 41.9 Å². The minimum atomic E-state index is -0.458. The van der Waals surface area contributed by atoms with Gasteiger partial charge in [0.25, 0.3) is 0 Å². The molecule has 0 spiro atoms. The Kier molecular flexibility index (Phi) is 6.63. The summed E-state index contributed by atoms with van der Waals surface area (Å²) in [5.41, 5.74) is 7.44. The molecule has 0 aliphatic carbocycles. The van der Waals surface area contributed by atoms with Gasteiger partial charge in [0, 0.05) is 13.2 Å². The number of nitrogens with two attached hydrogens (primary N) is 1. The summed E-state index contributed by atoms with van der Waals surface area (Å²) in [7, 11) is 0. The third-order valence-corrected chi connectivity index (χ3v) is 4.47. The predicted octanol–water partition coefficient (Wildman–Crippen LogP) is 2.23. The molecule has 134 valence electrons. The normalized spacial score (nSPS) is 17.3. The summed E-state index contributed by atoms with van der Waals surface area (Å²) in [5, 5.41) is 2.86. The van der Waals surface area contributed by atoms with Crippen LogP contribution in [0.5, 0.6) is 5.75 Å². The minimum absolute atomic E-state index is 0.103. The molecule has 0 aromatic heterocycles. The lowest BCUT2D eigenvalue weighted by Gasteiger charge is -2.26. The van der Waals surface area contributed by atoms with Crippen molar-refractivity contribution in [2.45, 2.75) is 45.1 Å². The van der Waals surface area contributed by atoms with Gasteiger partial charge >= 0.3 is 0 Å². The molecule has 1 heterocycles. The van der Waals surface area contributed by atoms with E-state index in [0.717, 1.165) is 18.6 Å². The molecular formula is C19H30N2O3. The highest BCUT2D eigenvalue weighted by atomic mass is 16.5. The number of carbonyl (C=O) groups is 1. The summed E-state index contributed by atoms with van der Waals surface area (Å²) in [5.74, 6) is 0.921. The zero-order valence-corrected chi connectivity index (χ0v) is 15.0. The number of carbonyl (C=O) groups excluding carboxylic acids is 1. The first-order chi connectivity index (χ1) is 11.4. The van der Waals surface area contributed by atoms with Crippen LogP contribution in [0.1, 0.15) is 39.2 Å². The molecule has 1 amide bonds. The summed E-state index contributed by atoms with van der Waals surface area (Å²) in [6.07, 6.45) is 1.70. The van der Waals surface area contributed by atoms with Crippen molar-refractivity contribution in [1.82, 2.24) is 5.32 Å². The molecule has 1 saturated heterocycles. The zero-order chi connectivity index (χ0) is 17.6. The first-order valence-corrected chi connectivity index (χ1v) is 8.72. The number of nitrogens with one attached hydrogen (secondary N) is 1. The maximum atomic E-state index is 12.1. The van der Waals surface area contributed by atoms with E-state index in [9.17, 15) is 4.79 Å². The van der Waals surface area contributed by atoms with Gasteiger partial charge in [-0.1, -0.05) is 32.9 Å². The summed E-state index contributed by atoms with van der Waals surface area (Å²) < 4.78 is 11.0. The molecule has 0 saturated carbocycles. The van der Waals surface area contributed by atoms with Crippen LogP contribution in [0.25, 0.3) is 0 Å². The fourth-order valence-electron chi connectivity index (χ4n) is 2.80. The van der Waals surface area contributed by atoms with E-state index >= 15 is 0 Å². The van der Waals surface area contributed by atoms with Gasteiger partial charge in [0.2, 0.25) is 5.91 Å². The van der Waals surface area contributed by atoms with Crippen LogP contribution in [-0.2, 0) is 14.9 Å². The van der Waals surface area contributed by atoms with Gasteiger partial charge in [-0.2, -0.15) is 0 Å². The lowest BCUT2D eigenvalue weighted by Crippen LogP contribution is -2.47. The molecule has 1 fully saturated rings. The Morgan fingerprint density at radius 1 is 1.29 bits per heavy atom. The standard InChI is InChI=1S/C19H30N2O3/c1-19(2,3)15-4-6-16(7-5-15)24-13-10-21-18(22)17(20)14-8-11-23-12-9-14/h4-7,14,17H,8-13,20H2,1-3H3,(H,21,22). The van der Waals surface area contributed by atoms with Crippen molar-refractivity contribution in [2.24, 2.45) is 11.7 Å². The Balaban J connectivity index is 1.69. The highest BCUT2D eigenvalue weighted by Crippen LogP contribution is 2.24. The minimum Gasteiger partial charge on any atom is -0.492 e. The molecule has 1 aromatic rings. The van der Waals surface area contributed by atoms with E-state index in [0.29, 0.717) is 26.4 Å². The van der Waals surface area contributed by atoms with E-state index in [1.54, 1.807) is 0 Å². The SMILES string of the molecule is CC(C)(C)c1ccc(OCCNC(=O)C(N)C2CCOCC2)cc1. The third-order valence-electron chi connectivity index (χ3n) is 4.47. The quantitative estimate of drug-likeness (QED) is 0.783. The molecule has 2 rings (SSSR count). The molecule has 3 N–H and O–H groups in total. The van der Waals surface area contributed by atoms with Crippen molar-refractivity contribution in [3.63, 3.8) is 0 Å². The lowest BCUT2D eigenvalue weighted by atomic mass is 9.87. The van der Waals surface area contributed by atoms with Crippen molar-refractivity contribution < 1.29 is 14.3 Å². The maximum absolute atomic E-state index is 12.1. The van der Waals surface area contributed by atoms with Gasteiger partial charge in [0.15, 0.2) is 0 Å². The Morgan fingerprint density at radius 2 is 1.92 bits per heavy atom. The van der Waals surface area contributed by atoms with E-state index in [4.69, 9.17) is 15.2 Å². The first kappa shape index (κ1) is 18.7. The first-order valence-electron chi connectivity index (χ1n) is 8.72. The molecule has 5 nitrogen and oxygen atoms in total. The van der Waals surface area contributed by atoms with Gasteiger partial charge in [0.1, 0.15) is 12.4 Å². The molecule has 1 aliphatic heterocycles. The maximum Gasteiger partial charge on any atom is 0.237 e. The Hall–Kier alpha value is -1.59. The van der Waals surface area contributed by atoms with Crippen LogP contribution >= 0.6 is 0 Å². The average Bonchev–Trinajstić information content (AvgIpc) is 2.58. The number of benzene rings is 1. The molecule has 24 heavy (non-hydrogen) atoms. The van der Waals surface area contributed by atoms with Gasteiger partial charge in [-0.25, -0.2) is 0 Å². The van der Waals surface area contributed by atoms with E-state index in [1.165, 1.54) is 5.56 Å². The van der Waals surface area contributed by atoms with Crippen LogP contribution in [0.4, 0.5) is 0 Å². The van der Waals surface area contributed by atoms with Crippen molar-refractivity contribution >= 4 is 5.91 Å².